The quantitative estimate of drug-likeness (QED) is 0.782. The second kappa shape index (κ2) is 6.24. The molecule has 1 aromatic rings. The average Bonchev–Trinajstić information content (AvgIpc) is 2.35. The maximum absolute atomic E-state index is 9.12. The predicted molar refractivity (Wildman–Crippen MR) is 65.6 cm³/mol. The van der Waals surface area contributed by atoms with Crippen LogP contribution in [0.5, 0.6) is 5.75 Å². The minimum atomic E-state index is -0.302. The highest BCUT2D eigenvalue weighted by atomic mass is 16.5. The highest BCUT2D eigenvalue weighted by Crippen LogP contribution is 2.14. The predicted octanol–water partition coefficient (Wildman–Crippen LogP) is 1.45. The summed E-state index contributed by atoms with van der Waals surface area (Å²) in [6.07, 6.45) is 0. The minimum absolute atomic E-state index is 0.0546. The maximum atomic E-state index is 9.12. The third kappa shape index (κ3) is 4.85. The van der Waals surface area contributed by atoms with Gasteiger partial charge in [-0.3, -0.25) is 0 Å². The number of nitrogens with zero attached hydrogens (tertiary/aromatic N) is 1. The highest BCUT2D eigenvalue weighted by molar-refractivity contribution is 5.28. The number of hydrogen-bond donors (Lipinski definition) is 2. The maximum Gasteiger partial charge on any atom is 0.174 e. The topological polar surface area (TPSA) is 65.3 Å². The molecule has 92 valence electrons. The molecule has 0 saturated heterocycles. The number of aliphatic hydroxyl groups is 1. The Labute approximate surface area is 102 Å². The van der Waals surface area contributed by atoms with E-state index in [0.717, 1.165) is 5.56 Å². The standard InChI is InChI=1S/C13H18N2O2/c1-13(2,10-16)15-9-11-4-3-5-12(8-11)17-7-6-14/h3-5,8,15-16H,7,9-10H2,1-2H3. The van der Waals surface area contributed by atoms with Gasteiger partial charge < -0.3 is 15.2 Å². The molecule has 0 radical (unpaired) electrons. The summed E-state index contributed by atoms with van der Waals surface area (Å²) in [7, 11) is 0. The summed E-state index contributed by atoms with van der Waals surface area (Å²) in [5, 5.41) is 20.8. The van der Waals surface area contributed by atoms with Gasteiger partial charge in [-0.05, 0) is 31.5 Å². The Morgan fingerprint density at radius 2 is 2.24 bits per heavy atom. The number of ether oxygens (including phenoxy) is 1. The van der Waals surface area contributed by atoms with Crippen LogP contribution in [-0.4, -0.2) is 23.9 Å². The largest absolute Gasteiger partial charge is 0.479 e. The summed E-state index contributed by atoms with van der Waals surface area (Å²) in [4.78, 5) is 0. The van der Waals surface area contributed by atoms with E-state index in [1.54, 1.807) is 0 Å². The summed E-state index contributed by atoms with van der Waals surface area (Å²) in [6.45, 7) is 4.65. The van der Waals surface area contributed by atoms with E-state index in [1.807, 2.05) is 44.2 Å². The molecule has 4 heteroatoms. The molecule has 4 nitrogen and oxygen atoms in total. The summed E-state index contributed by atoms with van der Waals surface area (Å²) >= 11 is 0. The van der Waals surface area contributed by atoms with E-state index in [-0.39, 0.29) is 18.8 Å². The van der Waals surface area contributed by atoms with Gasteiger partial charge in [0, 0.05) is 12.1 Å². The Bertz CT molecular complexity index is 397. The molecular weight excluding hydrogens is 216 g/mol. The first-order valence-electron chi connectivity index (χ1n) is 5.52. The van der Waals surface area contributed by atoms with Crippen LogP contribution in [0, 0.1) is 11.3 Å². The zero-order valence-corrected chi connectivity index (χ0v) is 10.2. The molecule has 0 aliphatic carbocycles. The second-order valence-corrected chi connectivity index (χ2v) is 4.49. The van der Waals surface area contributed by atoms with E-state index >= 15 is 0 Å². The van der Waals surface area contributed by atoms with Crippen molar-refractivity contribution in [3.05, 3.63) is 29.8 Å². The number of benzene rings is 1. The lowest BCUT2D eigenvalue weighted by atomic mass is 10.1. The molecule has 2 N–H and O–H groups in total. The minimum Gasteiger partial charge on any atom is -0.479 e. The molecule has 0 amide bonds. The van der Waals surface area contributed by atoms with Crippen LogP contribution in [-0.2, 0) is 6.54 Å². The van der Waals surface area contributed by atoms with Gasteiger partial charge in [0.25, 0.3) is 0 Å². The highest BCUT2D eigenvalue weighted by Gasteiger charge is 2.14. The average molecular weight is 234 g/mol. The fourth-order valence-corrected chi connectivity index (χ4v) is 1.26. The van der Waals surface area contributed by atoms with Crippen molar-refractivity contribution in [2.24, 2.45) is 0 Å². The molecule has 0 fully saturated rings. The number of nitrogens with one attached hydrogen (secondary N) is 1. The second-order valence-electron chi connectivity index (χ2n) is 4.49. The van der Waals surface area contributed by atoms with Gasteiger partial charge in [0.2, 0.25) is 0 Å². The third-order valence-corrected chi connectivity index (χ3v) is 2.37. The van der Waals surface area contributed by atoms with Crippen molar-refractivity contribution in [3.8, 4) is 11.8 Å². The van der Waals surface area contributed by atoms with Crippen LogP contribution < -0.4 is 10.1 Å². The van der Waals surface area contributed by atoms with E-state index in [1.165, 1.54) is 0 Å². The smallest absolute Gasteiger partial charge is 0.174 e. The van der Waals surface area contributed by atoms with Gasteiger partial charge in [-0.1, -0.05) is 12.1 Å². The number of aliphatic hydroxyl groups excluding tert-OH is 1. The molecular formula is C13H18N2O2. The van der Waals surface area contributed by atoms with E-state index in [4.69, 9.17) is 15.1 Å². The molecule has 0 saturated carbocycles. The summed E-state index contributed by atoms with van der Waals surface area (Å²) < 4.78 is 5.22. The van der Waals surface area contributed by atoms with Crippen LogP contribution in [0.4, 0.5) is 0 Å². The number of rotatable bonds is 6. The molecule has 1 aromatic carbocycles. The zero-order chi connectivity index (χ0) is 12.7. The molecule has 0 aliphatic rings. The van der Waals surface area contributed by atoms with Crippen LogP contribution in [0.2, 0.25) is 0 Å². The molecule has 17 heavy (non-hydrogen) atoms. The van der Waals surface area contributed by atoms with Crippen molar-refractivity contribution < 1.29 is 9.84 Å². The summed E-state index contributed by atoms with van der Waals surface area (Å²) in [5.41, 5.74) is 0.755. The molecule has 0 aliphatic heterocycles. The number of hydrogen-bond acceptors (Lipinski definition) is 4. The van der Waals surface area contributed by atoms with E-state index in [9.17, 15) is 0 Å². The third-order valence-electron chi connectivity index (χ3n) is 2.37. The zero-order valence-electron chi connectivity index (χ0n) is 10.2. The number of nitriles is 1. The van der Waals surface area contributed by atoms with Gasteiger partial charge in [0.05, 0.1) is 6.61 Å². The van der Waals surface area contributed by atoms with Crippen molar-refractivity contribution in [2.45, 2.75) is 25.9 Å². The normalized spacial score (nSPS) is 10.9. The lowest BCUT2D eigenvalue weighted by Crippen LogP contribution is -2.42. The van der Waals surface area contributed by atoms with Crippen LogP contribution in [0.15, 0.2) is 24.3 Å². The Morgan fingerprint density at radius 1 is 1.47 bits per heavy atom. The van der Waals surface area contributed by atoms with Crippen molar-refractivity contribution >= 4 is 0 Å². The molecule has 0 bridgehead atoms. The first-order valence-corrected chi connectivity index (χ1v) is 5.52. The van der Waals surface area contributed by atoms with Crippen molar-refractivity contribution in [1.29, 1.82) is 5.26 Å². The Hall–Kier alpha value is -1.57. The van der Waals surface area contributed by atoms with Gasteiger partial charge in [0.1, 0.15) is 11.8 Å². The van der Waals surface area contributed by atoms with Gasteiger partial charge >= 0.3 is 0 Å². The van der Waals surface area contributed by atoms with Crippen LogP contribution in [0.1, 0.15) is 19.4 Å². The molecule has 0 unspecified atom stereocenters. The van der Waals surface area contributed by atoms with Crippen molar-refractivity contribution in [3.63, 3.8) is 0 Å². The SMILES string of the molecule is CC(C)(CO)NCc1cccc(OCC#N)c1. The first kappa shape index (κ1) is 13.5. The fraction of sp³-hybridized carbons (Fsp3) is 0.462. The monoisotopic (exact) mass is 234 g/mol. The summed E-state index contributed by atoms with van der Waals surface area (Å²) in [6, 6.07) is 9.49. The van der Waals surface area contributed by atoms with Crippen LogP contribution in [0.25, 0.3) is 0 Å². The molecule has 0 atom stereocenters. The van der Waals surface area contributed by atoms with Gasteiger partial charge in [-0.2, -0.15) is 5.26 Å². The Kier molecular flexibility index (Phi) is 4.95. The molecule has 1 rings (SSSR count). The van der Waals surface area contributed by atoms with Gasteiger partial charge in [0.15, 0.2) is 6.61 Å². The van der Waals surface area contributed by atoms with E-state index in [0.29, 0.717) is 12.3 Å². The Morgan fingerprint density at radius 3 is 2.88 bits per heavy atom. The van der Waals surface area contributed by atoms with Gasteiger partial charge in [-0.25, -0.2) is 0 Å². The first-order chi connectivity index (χ1) is 8.07. The lowest BCUT2D eigenvalue weighted by molar-refractivity contribution is 0.187. The molecule has 0 heterocycles. The van der Waals surface area contributed by atoms with E-state index < -0.39 is 0 Å². The lowest BCUT2D eigenvalue weighted by Gasteiger charge is -2.23. The summed E-state index contributed by atoms with van der Waals surface area (Å²) in [5.74, 6) is 0.688. The van der Waals surface area contributed by atoms with Crippen molar-refractivity contribution in [2.75, 3.05) is 13.2 Å². The molecule has 0 spiro atoms. The van der Waals surface area contributed by atoms with Crippen molar-refractivity contribution in [1.82, 2.24) is 5.32 Å². The molecule has 0 aromatic heterocycles. The Balaban J connectivity index is 2.57. The van der Waals surface area contributed by atoms with Crippen LogP contribution >= 0.6 is 0 Å². The van der Waals surface area contributed by atoms with Gasteiger partial charge in [-0.15, -0.1) is 0 Å². The van der Waals surface area contributed by atoms with E-state index in [2.05, 4.69) is 5.32 Å². The van der Waals surface area contributed by atoms with Crippen LogP contribution in [0.3, 0.4) is 0 Å². The fourth-order valence-electron chi connectivity index (χ4n) is 1.26.